The van der Waals surface area contributed by atoms with Crippen molar-refractivity contribution in [3.8, 4) is 11.5 Å². The zero-order valence-electron chi connectivity index (χ0n) is 10.4. The minimum Gasteiger partial charge on any atom is -0.457 e. The number of benzene rings is 2. The summed E-state index contributed by atoms with van der Waals surface area (Å²) in [5.74, 6) is 1.33. The van der Waals surface area contributed by atoms with E-state index in [4.69, 9.17) is 9.84 Å². The van der Waals surface area contributed by atoms with Crippen LogP contribution in [0, 0.1) is 0 Å². The number of rotatable bonds is 4. The summed E-state index contributed by atoms with van der Waals surface area (Å²) in [7, 11) is 0. The van der Waals surface area contributed by atoms with E-state index < -0.39 is 0 Å². The van der Waals surface area contributed by atoms with Crippen LogP contribution in [0.1, 0.15) is 22.8 Å². The molecule has 0 aromatic heterocycles. The predicted molar refractivity (Wildman–Crippen MR) is 76.6 cm³/mol. The number of ketones is 1. The molecule has 2 aromatic rings. The Morgan fingerprint density at radius 1 is 1.16 bits per heavy atom. The summed E-state index contributed by atoms with van der Waals surface area (Å²) < 4.78 is 6.38. The molecule has 2 aromatic carbocycles. The van der Waals surface area contributed by atoms with Crippen molar-refractivity contribution in [1.29, 1.82) is 0 Å². The molecule has 0 atom stereocenters. The number of hydrogen-bond donors (Lipinski definition) is 1. The van der Waals surface area contributed by atoms with Gasteiger partial charge in [0.15, 0.2) is 5.78 Å². The van der Waals surface area contributed by atoms with E-state index in [9.17, 15) is 4.79 Å². The van der Waals surface area contributed by atoms with E-state index in [-0.39, 0.29) is 12.4 Å². The third-order valence-electron chi connectivity index (χ3n) is 2.66. The summed E-state index contributed by atoms with van der Waals surface area (Å²) in [6.07, 6.45) is 0. The average molecular weight is 321 g/mol. The minimum atomic E-state index is 0.00530. The Morgan fingerprint density at radius 2 is 1.79 bits per heavy atom. The molecule has 0 saturated carbocycles. The van der Waals surface area contributed by atoms with Gasteiger partial charge in [0.2, 0.25) is 0 Å². The molecule has 0 spiro atoms. The Bertz CT molecular complexity index is 591. The third kappa shape index (κ3) is 3.43. The zero-order chi connectivity index (χ0) is 13.8. The van der Waals surface area contributed by atoms with Gasteiger partial charge in [-0.15, -0.1) is 0 Å². The van der Waals surface area contributed by atoms with Crippen LogP contribution in [0.15, 0.2) is 46.9 Å². The topological polar surface area (TPSA) is 46.5 Å². The quantitative estimate of drug-likeness (QED) is 0.868. The van der Waals surface area contributed by atoms with E-state index in [1.165, 1.54) is 6.92 Å². The molecule has 19 heavy (non-hydrogen) atoms. The number of hydrogen-bond acceptors (Lipinski definition) is 3. The van der Waals surface area contributed by atoms with E-state index >= 15 is 0 Å². The third-order valence-corrected chi connectivity index (χ3v) is 3.32. The Hall–Kier alpha value is -1.65. The van der Waals surface area contributed by atoms with E-state index in [1.807, 2.05) is 0 Å². The summed E-state index contributed by atoms with van der Waals surface area (Å²) in [4.78, 5) is 11.3. The van der Waals surface area contributed by atoms with Gasteiger partial charge >= 0.3 is 0 Å². The highest BCUT2D eigenvalue weighted by Crippen LogP contribution is 2.27. The van der Waals surface area contributed by atoms with Crippen molar-refractivity contribution in [1.82, 2.24) is 0 Å². The van der Waals surface area contributed by atoms with Gasteiger partial charge in [-0.1, -0.05) is 12.1 Å². The number of carbonyl (C=O) groups excluding carboxylic acids is 1. The molecule has 0 amide bonds. The van der Waals surface area contributed by atoms with Crippen LogP contribution >= 0.6 is 15.9 Å². The molecule has 1 N–H and O–H groups in total. The van der Waals surface area contributed by atoms with Gasteiger partial charge in [-0.05, 0) is 58.7 Å². The normalized spacial score (nSPS) is 10.3. The fourth-order valence-electron chi connectivity index (χ4n) is 1.64. The lowest BCUT2D eigenvalue weighted by molar-refractivity contribution is 0.101. The van der Waals surface area contributed by atoms with Crippen molar-refractivity contribution in [2.24, 2.45) is 0 Å². The van der Waals surface area contributed by atoms with E-state index in [1.54, 1.807) is 42.5 Å². The second kappa shape index (κ2) is 5.99. The van der Waals surface area contributed by atoms with Gasteiger partial charge < -0.3 is 9.84 Å². The van der Waals surface area contributed by atoms with Crippen molar-refractivity contribution < 1.29 is 14.6 Å². The molecule has 0 aliphatic carbocycles. The van der Waals surface area contributed by atoms with Gasteiger partial charge in [0.05, 0.1) is 6.61 Å². The van der Waals surface area contributed by atoms with Crippen LogP contribution in [0.25, 0.3) is 0 Å². The van der Waals surface area contributed by atoms with Crippen molar-refractivity contribution in [2.45, 2.75) is 13.5 Å². The Kier molecular flexibility index (Phi) is 4.35. The van der Waals surface area contributed by atoms with Gasteiger partial charge in [-0.2, -0.15) is 0 Å². The maximum atomic E-state index is 11.3. The van der Waals surface area contributed by atoms with Crippen LogP contribution in [0.3, 0.4) is 0 Å². The summed E-state index contributed by atoms with van der Waals surface area (Å²) in [6, 6.07) is 12.4. The summed E-state index contributed by atoms with van der Waals surface area (Å²) in [6.45, 7) is 1.54. The maximum Gasteiger partial charge on any atom is 0.160 e. The number of carbonyl (C=O) groups is 1. The van der Waals surface area contributed by atoms with Gasteiger partial charge in [0.25, 0.3) is 0 Å². The smallest absolute Gasteiger partial charge is 0.160 e. The Labute approximate surface area is 120 Å². The number of ether oxygens (including phenoxy) is 1. The molecule has 0 unspecified atom stereocenters. The van der Waals surface area contributed by atoms with Crippen LogP contribution in [-0.4, -0.2) is 10.9 Å². The highest BCUT2D eigenvalue weighted by Gasteiger charge is 2.07. The van der Waals surface area contributed by atoms with E-state index in [2.05, 4.69) is 15.9 Å². The highest BCUT2D eigenvalue weighted by atomic mass is 79.9. The molecule has 0 saturated heterocycles. The summed E-state index contributed by atoms with van der Waals surface area (Å²) >= 11 is 3.35. The molecule has 0 fully saturated rings. The Morgan fingerprint density at radius 3 is 2.32 bits per heavy atom. The fourth-order valence-corrected chi connectivity index (χ4v) is 2.28. The second-order valence-corrected chi connectivity index (χ2v) is 4.96. The van der Waals surface area contributed by atoms with Crippen LogP contribution < -0.4 is 4.74 Å². The van der Waals surface area contributed by atoms with Crippen molar-refractivity contribution in [2.75, 3.05) is 0 Å². The standard InChI is InChI=1S/C15H13BrO3/c1-10(18)14-7-6-13(8-15(14)16)19-12-4-2-11(9-17)3-5-12/h2-8,17H,9H2,1H3. The molecule has 0 heterocycles. The number of Topliss-reactive ketones (excluding diaryl/α,β-unsaturated/α-hetero) is 1. The van der Waals surface area contributed by atoms with E-state index in [0.29, 0.717) is 21.5 Å². The molecule has 4 heteroatoms. The molecule has 3 nitrogen and oxygen atoms in total. The van der Waals surface area contributed by atoms with Crippen LogP contribution in [-0.2, 0) is 6.61 Å². The van der Waals surface area contributed by atoms with Gasteiger partial charge in [0, 0.05) is 10.0 Å². The predicted octanol–water partition coefficient (Wildman–Crippen LogP) is 3.94. The molecule has 0 aliphatic heterocycles. The maximum absolute atomic E-state index is 11.3. The van der Waals surface area contributed by atoms with Crippen LogP contribution in [0.4, 0.5) is 0 Å². The molecule has 2 rings (SSSR count). The van der Waals surface area contributed by atoms with Gasteiger partial charge in [0.1, 0.15) is 11.5 Å². The first kappa shape index (κ1) is 13.8. The molecule has 0 radical (unpaired) electrons. The second-order valence-electron chi connectivity index (χ2n) is 4.10. The first-order valence-corrected chi connectivity index (χ1v) is 6.57. The minimum absolute atomic E-state index is 0.00530. The monoisotopic (exact) mass is 320 g/mol. The van der Waals surface area contributed by atoms with Crippen molar-refractivity contribution in [3.05, 3.63) is 58.1 Å². The highest BCUT2D eigenvalue weighted by molar-refractivity contribution is 9.10. The lowest BCUT2D eigenvalue weighted by Crippen LogP contribution is -1.94. The fraction of sp³-hybridized carbons (Fsp3) is 0.133. The molecule has 0 aliphatic rings. The number of halogens is 1. The number of aliphatic hydroxyl groups excluding tert-OH is 1. The van der Waals surface area contributed by atoms with Gasteiger partial charge in [-0.25, -0.2) is 0 Å². The largest absolute Gasteiger partial charge is 0.457 e. The first-order valence-electron chi connectivity index (χ1n) is 5.78. The van der Waals surface area contributed by atoms with E-state index in [0.717, 1.165) is 5.56 Å². The average Bonchev–Trinajstić information content (AvgIpc) is 2.39. The van der Waals surface area contributed by atoms with Crippen molar-refractivity contribution >= 4 is 21.7 Å². The summed E-state index contributed by atoms with van der Waals surface area (Å²) in [5.41, 5.74) is 1.46. The SMILES string of the molecule is CC(=O)c1ccc(Oc2ccc(CO)cc2)cc1Br. The Balaban J connectivity index is 2.18. The van der Waals surface area contributed by atoms with Crippen molar-refractivity contribution in [3.63, 3.8) is 0 Å². The lowest BCUT2D eigenvalue weighted by atomic mass is 10.1. The molecule has 0 bridgehead atoms. The molecular formula is C15H13BrO3. The van der Waals surface area contributed by atoms with Crippen LogP contribution in [0.2, 0.25) is 0 Å². The zero-order valence-corrected chi connectivity index (χ0v) is 12.0. The number of aliphatic hydroxyl groups is 1. The molecule has 98 valence electrons. The first-order chi connectivity index (χ1) is 9.10. The van der Waals surface area contributed by atoms with Crippen LogP contribution in [0.5, 0.6) is 11.5 Å². The summed E-state index contributed by atoms with van der Waals surface area (Å²) in [5, 5.41) is 8.96. The lowest BCUT2D eigenvalue weighted by Gasteiger charge is -2.08. The molecular weight excluding hydrogens is 308 g/mol. The van der Waals surface area contributed by atoms with Gasteiger partial charge in [-0.3, -0.25) is 4.79 Å².